The van der Waals surface area contributed by atoms with E-state index in [2.05, 4.69) is 26.2 Å². The van der Waals surface area contributed by atoms with Crippen molar-refractivity contribution in [1.82, 2.24) is 4.98 Å². The number of methoxy groups -OCH3 is 1. The second kappa shape index (κ2) is 5.82. The molecule has 0 aliphatic rings. The number of hydrogen-bond acceptors (Lipinski definition) is 3. The molecule has 2 aromatic rings. The Bertz CT molecular complexity index is 548. The Kier molecular flexibility index (Phi) is 4.15. The quantitative estimate of drug-likeness (QED) is 0.937. The summed E-state index contributed by atoms with van der Waals surface area (Å²) in [6.45, 7) is 0.517. The van der Waals surface area contributed by atoms with Gasteiger partial charge < -0.3 is 10.1 Å². The molecule has 94 valence electrons. The highest BCUT2D eigenvalue weighted by atomic mass is 79.9. The van der Waals surface area contributed by atoms with Gasteiger partial charge in [-0.25, -0.2) is 4.39 Å². The lowest BCUT2D eigenvalue weighted by atomic mass is 10.2. The van der Waals surface area contributed by atoms with Gasteiger partial charge in [0.25, 0.3) is 0 Å². The van der Waals surface area contributed by atoms with Gasteiger partial charge in [-0.15, -0.1) is 0 Å². The topological polar surface area (TPSA) is 34.1 Å². The van der Waals surface area contributed by atoms with Crippen molar-refractivity contribution in [2.24, 2.45) is 0 Å². The zero-order chi connectivity index (χ0) is 13.0. The van der Waals surface area contributed by atoms with Gasteiger partial charge in [0.15, 0.2) is 0 Å². The Labute approximate surface area is 113 Å². The van der Waals surface area contributed by atoms with Gasteiger partial charge >= 0.3 is 0 Å². The van der Waals surface area contributed by atoms with E-state index in [1.165, 1.54) is 12.3 Å². The molecule has 0 atom stereocenters. The molecule has 0 saturated carbocycles. The first-order chi connectivity index (χ1) is 8.69. The number of benzene rings is 1. The highest BCUT2D eigenvalue weighted by molar-refractivity contribution is 9.10. The number of halogens is 2. The van der Waals surface area contributed by atoms with E-state index < -0.39 is 0 Å². The predicted octanol–water partition coefficient (Wildman–Crippen LogP) is 3.60. The Morgan fingerprint density at radius 3 is 2.83 bits per heavy atom. The normalized spacial score (nSPS) is 10.2. The lowest BCUT2D eigenvalue weighted by Crippen LogP contribution is -2.00. The molecule has 0 amide bonds. The largest absolute Gasteiger partial charge is 0.496 e. The fourth-order valence-corrected chi connectivity index (χ4v) is 2.07. The second-order valence-corrected chi connectivity index (χ2v) is 4.57. The van der Waals surface area contributed by atoms with E-state index in [0.717, 1.165) is 21.5 Å². The standard InChI is InChI=1S/C13H12BrFN2O/c1-18-13-3-2-11(5-12(13)14)17-7-9-4-10(15)8-16-6-9/h2-6,8,17H,7H2,1H3. The Hall–Kier alpha value is -1.62. The van der Waals surface area contributed by atoms with Crippen LogP contribution in [-0.2, 0) is 6.54 Å². The smallest absolute Gasteiger partial charge is 0.141 e. The molecule has 0 saturated heterocycles. The van der Waals surface area contributed by atoms with E-state index in [0.29, 0.717) is 6.54 Å². The van der Waals surface area contributed by atoms with Crippen LogP contribution in [0.3, 0.4) is 0 Å². The fourth-order valence-electron chi connectivity index (χ4n) is 1.53. The zero-order valence-electron chi connectivity index (χ0n) is 9.78. The molecular formula is C13H12BrFN2O. The molecule has 0 aliphatic carbocycles. The van der Waals surface area contributed by atoms with Gasteiger partial charge in [0.1, 0.15) is 11.6 Å². The van der Waals surface area contributed by atoms with Gasteiger partial charge in [-0.2, -0.15) is 0 Å². The van der Waals surface area contributed by atoms with Crippen molar-refractivity contribution >= 4 is 21.6 Å². The highest BCUT2D eigenvalue weighted by Crippen LogP contribution is 2.27. The van der Waals surface area contributed by atoms with Crippen molar-refractivity contribution < 1.29 is 9.13 Å². The summed E-state index contributed by atoms with van der Waals surface area (Å²) < 4.78 is 19.0. The number of pyridine rings is 1. The van der Waals surface area contributed by atoms with Gasteiger partial charge in [0.2, 0.25) is 0 Å². The minimum absolute atomic E-state index is 0.329. The maximum Gasteiger partial charge on any atom is 0.141 e. The van der Waals surface area contributed by atoms with Crippen molar-refractivity contribution in [2.75, 3.05) is 12.4 Å². The third-order valence-electron chi connectivity index (χ3n) is 2.41. The highest BCUT2D eigenvalue weighted by Gasteiger charge is 2.01. The van der Waals surface area contributed by atoms with E-state index in [1.807, 2.05) is 18.2 Å². The summed E-state index contributed by atoms with van der Waals surface area (Å²) in [5.74, 6) is 0.443. The minimum Gasteiger partial charge on any atom is -0.496 e. The minimum atomic E-state index is -0.329. The Balaban J connectivity index is 2.04. The van der Waals surface area contributed by atoms with Crippen molar-refractivity contribution in [1.29, 1.82) is 0 Å². The monoisotopic (exact) mass is 310 g/mol. The summed E-state index contributed by atoms with van der Waals surface area (Å²) in [5, 5.41) is 3.19. The molecule has 1 heterocycles. The molecule has 0 spiro atoms. The van der Waals surface area contributed by atoms with Crippen LogP contribution < -0.4 is 10.1 Å². The first kappa shape index (κ1) is 12.8. The number of ether oxygens (including phenoxy) is 1. The van der Waals surface area contributed by atoms with Gasteiger partial charge in [0, 0.05) is 18.4 Å². The summed E-state index contributed by atoms with van der Waals surface area (Å²) >= 11 is 3.41. The number of nitrogens with one attached hydrogen (secondary N) is 1. The van der Waals surface area contributed by atoms with E-state index in [1.54, 1.807) is 13.3 Å². The van der Waals surface area contributed by atoms with E-state index in [9.17, 15) is 4.39 Å². The van der Waals surface area contributed by atoms with Crippen molar-refractivity contribution in [3.63, 3.8) is 0 Å². The van der Waals surface area contributed by atoms with Gasteiger partial charge in [-0.05, 0) is 45.8 Å². The number of hydrogen-bond donors (Lipinski definition) is 1. The van der Waals surface area contributed by atoms with Crippen LogP contribution in [-0.4, -0.2) is 12.1 Å². The molecule has 0 bridgehead atoms. The third kappa shape index (κ3) is 3.20. The fraction of sp³-hybridized carbons (Fsp3) is 0.154. The van der Waals surface area contributed by atoms with Crippen LogP contribution in [0.25, 0.3) is 0 Å². The molecule has 3 nitrogen and oxygen atoms in total. The molecule has 1 aromatic heterocycles. The van der Waals surface area contributed by atoms with Crippen molar-refractivity contribution in [2.45, 2.75) is 6.54 Å². The van der Waals surface area contributed by atoms with Crippen LogP contribution in [0.4, 0.5) is 10.1 Å². The molecule has 18 heavy (non-hydrogen) atoms. The predicted molar refractivity (Wildman–Crippen MR) is 72.2 cm³/mol. The van der Waals surface area contributed by atoms with Crippen LogP contribution in [0.5, 0.6) is 5.75 Å². The van der Waals surface area contributed by atoms with Gasteiger partial charge in [0.05, 0.1) is 17.8 Å². The van der Waals surface area contributed by atoms with Gasteiger partial charge in [-0.1, -0.05) is 0 Å². The van der Waals surface area contributed by atoms with Crippen molar-refractivity contribution in [3.8, 4) is 5.75 Å². The summed E-state index contributed by atoms with van der Waals surface area (Å²) in [7, 11) is 1.62. The SMILES string of the molecule is COc1ccc(NCc2cncc(F)c2)cc1Br. The van der Waals surface area contributed by atoms with Crippen LogP contribution in [0.15, 0.2) is 41.1 Å². The summed E-state index contributed by atoms with van der Waals surface area (Å²) in [6.07, 6.45) is 2.82. The molecule has 0 aliphatic heterocycles. The maximum absolute atomic E-state index is 12.9. The van der Waals surface area contributed by atoms with Crippen molar-refractivity contribution in [3.05, 3.63) is 52.5 Å². The molecule has 2 rings (SSSR count). The summed E-state index contributed by atoms with van der Waals surface area (Å²) in [4.78, 5) is 3.80. The van der Waals surface area contributed by atoms with Crippen LogP contribution in [0.1, 0.15) is 5.56 Å². The van der Waals surface area contributed by atoms with E-state index in [4.69, 9.17) is 4.74 Å². The van der Waals surface area contributed by atoms with Crippen LogP contribution >= 0.6 is 15.9 Å². The number of nitrogens with zero attached hydrogens (tertiary/aromatic N) is 1. The number of aromatic nitrogens is 1. The van der Waals surface area contributed by atoms with E-state index >= 15 is 0 Å². The first-order valence-electron chi connectivity index (χ1n) is 5.36. The van der Waals surface area contributed by atoms with Gasteiger partial charge in [-0.3, -0.25) is 4.98 Å². The molecule has 0 fully saturated rings. The lowest BCUT2D eigenvalue weighted by molar-refractivity contribution is 0.412. The Morgan fingerprint density at radius 2 is 2.17 bits per heavy atom. The lowest BCUT2D eigenvalue weighted by Gasteiger charge is -2.09. The molecule has 0 radical (unpaired) electrons. The molecular weight excluding hydrogens is 299 g/mol. The molecule has 1 N–H and O–H groups in total. The second-order valence-electron chi connectivity index (χ2n) is 3.71. The van der Waals surface area contributed by atoms with E-state index in [-0.39, 0.29) is 5.82 Å². The zero-order valence-corrected chi connectivity index (χ0v) is 11.4. The van der Waals surface area contributed by atoms with Crippen LogP contribution in [0, 0.1) is 5.82 Å². The van der Waals surface area contributed by atoms with Crippen LogP contribution in [0.2, 0.25) is 0 Å². The average molecular weight is 311 g/mol. The molecule has 1 aromatic carbocycles. The number of anilines is 1. The molecule has 0 unspecified atom stereocenters. The average Bonchev–Trinajstić information content (AvgIpc) is 2.37. The number of rotatable bonds is 4. The first-order valence-corrected chi connectivity index (χ1v) is 6.15. The maximum atomic E-state index is 12.9. The summed E-state index contributed by atoms with van der Waals surface area (Å²) in [5.41, 5.74) is 1.72. The molecule has 5 heteroatoms. The third-order valence-corrected chi connectivity index (χ3v) is 3.03. The summed E-state index contributed by atoms with van der Waals surface area (Å²) in [6, 6.07) is 7.12. The Morgan fingerprint density at radius 1 is 1.33 bits per heavy atom.